The highest BCUT2D eigenvalue weighted by Crippen LogP contribution is 2.20. The molecule has 0 spiro atoms. The molecule has 1 heterocycles. The van der Waals surface area contributed by atoms with Crippen molar-refractivity contribution in [3.63, 3.8) is 0 Å². The van der Waals surface area contributed by atoms with Gasteiger partial charge >= 0.3 is 0 Å². The van der Waals surface area contributed by atoms with Gasteiger partial charge in [-0.3, -0.25) is 4.79 Å². The average molecular weight is 471 g/mol. The van der Waals surface area contributed by atoms with Gasteiger partial charge in [0.2, 0.25) is 15.9 Å². The van der Waals surface area contributed by atoms with Crippen LogP contribution in [0.2, 0.25) is 0 Å². The van der Waals surface area contributed by atoms with Crippen LogP contribution in [-0.4, -0.2) is 36.6 Å². The molecule has 1 amide bonds. The van der Waals surface area contributed by atoms with E-state index in [0.29, 0.717) is 19.6 Å². The van der Waals surface area contributed by atoms with Crippen molar-refractivity contribution in [3.8, 4) is 0 Å². The molecule has 0 aliphatic carbocycles. The minimum absolute atomic E-state index is 0.140. The van der Waals surface area contributed by atoms with Crippen molar-refractivity contribution in [2.75, 3.05) is 13.1 Å². The quantitative estimate of drug-likeness (QED) is 0.396. The molecule has 3 rings (SSSR count). The third kappa shape index (κ3) is 6.51. The molecule has 1 aromatic heterocycles. The molecule has 3 aromatic rings. The summed E-state index contributed by atoms with van der Waals surface area (Å²) in [6, 6.07) is 22.1. The van der Waals surface area contributed by atoms with E-state index in [2.05, 4.69) is 0 Å². The first-order valence-corrected chi connectivity index (χ1v) is 13.1. The zero-order chi connectivity index (χ0) is 23.0. The van der Waals surface area contributed by atoms with Gasteiger partial charge in [0.25, 0.3) is 0 Å². The monoisotopic (exact) mass is 470 g/mol. The smallest absolute Gasteiger partial charge is 0.243 e. The summed E-state index contributed by atoms with van der Waals surface area (Å²) >= 11 is 1.59. The number of nitrogens with zero attached hydrogens (tertiary/aromatic N) is 2. The fourth-order valence-corrected chi connectivity index (χ4v) is 5.59. The first-order valence-electron chi connectivity index (χ1n) is 10.8. The fraction of sp³-hybridized carbons (Fsp3) is 0.320. The van der Waals surface area contributed by atoms with E-state index in [0.717, 1.165) is 16.9 Å². The van der Waals surface area contributed by atoms with Crippen molar-refractivity contribution in [1.29, 1.82) is 0 Å². The Hall–Kier alpha value is -2.48. The van der Waals surface area contributed by atoms with E-state index in [1.165, 1.54) is 4.31 Å². The van der Waals surface area contributed by atoms with Gasteiger partial charge in [0.05, 0.1) is 18.0 Å². The zero-order valence-electron chi connectivity index (χ0n) is 18.6. The van der Waals surface area contributed by atoms with Gasteiger partial charge in [0, 0.05) is 18.0 Å². The number of benzene rings is 2. The molecule has 32 heavy (non-hydrogen) atoms. The van der Waals surface area contributed by atoms with Crippen molar-refractivity contribution < 1.29 is 13.2 Å². The van der Waals surface area contributed by atoms with Gasteiger partial charge in [-0.2, -0.15) is 4.31 Å². The van der Waals surface area contributed by atoms with E-state index < -0.39 is 10.0 Å². The van der Waals surface area contributed by atoms with Crippen LogP contribution in [-0.2, 0) is 27.9 Å². The molecule has 0 saturated heterocycles. The molecular formula is C25H30N2O3S2. The minimum Gasteiger partial charge on any atom is -0.332 e. The SMILES string of the molecule is CCC(C)CN(CC(=O)N(Cc1ccccc1)Cc1cccs1)S(=O)(=O)c1ccccc1. The summed E-state index contributed by atoms with van der Waals surface area (Å²) in [5.74, 6) is -0.0637. The maximum absolute atomic E-state index is 13.5. The van der Waals surface area contributed by atoms with Gasteiger partial charge in [-0.05, 0) is 35.1 Å². The maximum atomic E-state index is 13.5. The van der Waals surface area contributed by atoms with Crippen LogP contribution < -0.4 is 0 Å². The van der Waals surface area contributed by atoms with Gasteiger partial charge in [-0.25, -0.2) is 8.42 Å². The molecule has 170 valence electrons. The summed E-state index contributed by atoms with van der Waals surface area (Å²) in [6.45, 7) is 5.04. The Morgan fingerprint density at radius 3 is 2.19 bits per heavy atom. The second kappa shape index (κ2) is 11.4. The van der Waals surface area contributed by atoms with E-state index in [1.807, 2.05) is 61.7 Å². The van der Waals surface area contributed by atoms with Crippen molar-refractivity contribution >= 4 is 27.3 Å². The normalized spacial score (nSPS) is 12.6. The van der Waals surface area contributed by atoms with Gasteiger partial charge in [0.15, 0.2) is 0 Å². The molecule has 7 heteroatoms. The Labute approximate surface area is 195 Å². The van der Waals surface area contributed by atoms with Crippen LogP contribution in [0.15, 0.2) is 83.1 Å². The van der Waals surface area contributed by atoms with E-state index in [4.69, 9.17) is 0 Å². The number of sulfonamides is 1. The van der Waals surface area contributed by atoms with Gasteiger partial charge in [0.1, 0.15) is 0 Å². The molecular weight excluding hydrogens is 440 g/mol. The highest BCUT2D eigenvalue weighted by Gasteiger charge is 2.29. The number of hydrogen-bond acceptors (Lipinski definition) is 4. The van der Waals surface area contributed by atoms with Crippen molar-refractivity contribution in [2.24, 2.45) is 5.92 Å². The second-order valence-electron chi connectivity index (χ2n) is 7.94. The molecule has 0 aliphatic rings. The van der Waals surface area contributed by atoms with E-state index in [-0.39, 0.29) is 23.3 Å². The number of hydrogen-bond donors (Lipinski definition) is 0. The van der Waals surface area contributed by atoms with Crippen LogP contribution in [0.1, 0.15) is 30.7 Å². The Morgan fingerprint density at radius 2 is 1.59 bits per heavy atom. The summed E-state index contributed by atoms with van der Waals surface area (Å²) in [4.78, 5) is 16.5. The molecule has 1 atom stereocenters. The summed E-state index contributed by atoms with van der Waals surface area (Å²) in [5, 5.41) is 1.98. The van der Waals surface area contributed by atoms with Crippen LogP contribution in [0.25, 0.3) is 0 Å². The number of thiophene rings is 1. The predicted molar refractivity (Wildman–Crippen MR) is 130 cm³/mol. The average Bonchev–Trinajstić information content (AvgIpc) is 3.32. The second-order valence-corrected chi connectivity index (χ2v) is 10.9. The lowest BCUT2D eigenvalue weighted by Gasteiger charge is -2.28. The minimum atomic E-state index is -3.78. The number of carbonyl (C=O) groups is 1. The molecule has 1 unspecified atom stereocenters. The Balaban J connectivity index is 1.86. The van der Waals surface area contributed by atoms with Crippen LogP contribution in [0.3, 0.4) is 0 Å². The number of amides is 1. The topological polar surface area (TPSA) is 57.7 Å². The first kappa shape index (κ1) is 24.2. The molecule has 2 aromatic carbocycles. The maximum Gasteiger partial charge on any atom is 0.243 e. The van der Waals surface area contributed by atoms with Crippen molar-refractivity contribution in [2.45, 2.75) is 38.3 Å². The number of carbonyl (C=O) groups excluding carboxylic acids is 1. The van der Waals surface area contributed by atoms with Crippen LogP contribution in [0, 0.1) is 5.92 Å². The molecule has 0 N–H and O–H groups in total. The van der Waals surface area contributed by atoms with Crippen molar-refractivity contribution in [3.05, 3.63) is 88.6 Å². The van der Waals surface area contributed by atoms with Crippen LogP contribution in [0.5, 0.6) is 0 Å². The Bertz CT molecular complexity index is 1070. The van der Waals surface area contributed by atoms with Crippen LogP contribution >= 0.6 is 11.3 Å². The first-order chi connectivity index (χ1) is 15.4. The van der Waals surface area contributed by atoms with E-state index in [9.17, 15) is 13.2 Å². The third-order valence-electron chi connectivity index (χ3n) is 5.40. The standard InChI is InChI=1S/C25H30N2O3S2/c1-3-21(2)17-27(32(29,30)24-14-8-5-9-15-24)20-25(28)26(19-23-13-10-16-31-23)18-22-11-6-4-7-12-22/h4-16,21H,3,17-20H2,1-2H3. The molecule has 0 radical (unpaired) electrons. The highest BCUT2D eigenvalue weighted by atomic mass is 32.2. The molecule has 0 aliphatic heterocycles. The predicted octanol–water partition coefficient (Wildman–Crippen LogP) is 5.01. The molecule has 0 fully saturated rings. The summed E-state index contributed by atoms with van der Waals surface area (Å²) in [7, 11) is -3.78. The lowest BCUT2D eigenvalue weighted by Crippen LogP contribution is -2.44. The molecule has 0 saturated carbocycles. The summed E-state index contributed by atoms with van der Waals surface area (Å²) in [6.07, 6.45) is 0.831. The lowest BCUT2D eigenvalue weighted by atomic mass is 10.1. The van der Waals surface area contributed by atoms with Gasteiger partial charge < -0.3 is 4.90 Å². The van der Waals surface area contributed by atoms with E-state index >= 15 is 0 Å². The number of rotatable bonds is 11. The summed E-state index contributed by atoms with van der Waals surface area (Å²) in [5.41, 5.74) is 1.01. The van der Waals surface area contributed by atoms with Crippen molar-refractivity contribution in [1.82, 2.24) is 9.21 Å². The van der Waals surface area contributed by atoms with Gasteiger partial charge in [-0.15, -0.1) is 11.3 Å². The highest BCUT2D eigenvalue weighted by molar-refractivity contribution is 7.89. The zero-order valence-corrected chi connectivity index (χ0v) is 20.2. The molecule has 0 bridgehead atoms. The Kier molecular flexibility index (Phi) is 8.61. The lowest BCUT2D eigenvalue weighted by molar-refractivity contribution is -0.132. The summed E-state index contributed by atoms with van der Waals surface area (Å²) < 4.78 is 28.1. The third-order valence-corrected chi connectivity index (χ3v) is 8.09. The molecule has 5 nitrogen and oxygen atoms in total. The fourth-order valence-electron chi connectivity index (χ4n) is 3.34. The Morgan fingerprint density at radius 1 is 0.938 bits per heavy atom. The van der Waals surface area contributed by atoms with Gasteiger partial charge in [-0.1, -0.05) is 74.9 Å². The van der Waals surface area contributed by atoms with E-state index in [1.54, 1.807) is 46.6 Å². The van der Waals surface area contributed by atoms with Crippen LogP contribution in [0.4, 0.5) is 0 Å². The largest absolute Gasteiger partial charge is 0.332 e.